The molecule has 31 heavy (non-hydrogen) atoms. The van der Waals surface area contributed by atoms with Gasteiger partial charge in [0, 0.05) is 41.9 Å². The van der Waals surface area contributed by atoms with Gasteiger partial charge in [0.15, 0.2) is 0 Å². The van der Waals surface area contributed by atoms with Crippen LogP contribution in [0.4, 0.5) is 10.1 Å². The average Bonchev–Trinajstić information content (AvgIpc) is 2.75. The normalized spacial score (nSPS) is 17.9. The van der Waals surface area contributed by atoms with Crippen LogP contribution in [0.3, 0.4) is 0 Å². The van der Waals surface area contributed by atoms with Gasteiger partial charge in [-0.25, -0.2) is 4.39 Å². The summed E-state index contributed by atoms with van der Waals surface area (Å²) in [6, 6.07) is 8.31. The highest BCUT2D eigenvalue weighted by atomic mass is 35.5. The van der Waals surface area contributed by atoms with Gasteiger partial charge in [0.25, 0.3) is 11.6 Å². The van der Waals surface area contributed by atoms with Crippen LogP contribution in [0.5, 0.6) is 0 Å². The molecule has 2 aromatic rings. The van der Waals surface area contributed by atoms with Gasteiger partial charge in [-0.3, -0.25) is 19.8 Å². The van der Waals surface area contributed by atoms with Crippen LogP contribution in [-0.4, -0.2) is 54.3 Å². The van der Waals surface area contributed by atoms with Crippen molar-refractivity contribution in [2.45, 2.75) is 24.0 Å². The predicted molar refractivity (Wildman–Crippen MR) is 118 cm³/mol. The first kappa shape index (κ1) is 23.5. The SMILES string of the molecule is CSc1ccc(C(=O)NCC(c2c(F)cccc2Cl)N2CCOC(C)C2)cc1[N+](=O)[O-]. The van der Waals surface area contributed by atoms with E-state index >= 15 is 0 Å². The van der Waals surface area contributed by atoms with Crippen molar-refractivity contribution in [3.8, 4) is 0 Å². The molecule has 2 unspecified atom stereocenters. The van der Waals surface area contributed by atoms with Crippen molar-refractivity contribution in [1.82, 2.24) is 10.2 Å². The summed E-state index contributed by atoms with van der Waals surface area (Å²) < 4.78 is 20.3. The number of nitro benzene ring substituents is 1. The molecule has 0 saturated carbocycles. The quantitative estimate of drug-likeness (QED) is 0.371. The lowest BCUT2D eigenvalue weighted by Crippen LogP contribution is -2.47. The number of morpholine rings is 1. The van der Waals surface area contributed by atoms with Crippen molar-refractivity contribution in [1.29, 1.82) is 0 Å². The summed E-state index contributed by atoms with van der Waals surface area (Å²) in [5.41, 5.74) is 0.344. The van der Waals surface area contributed by atoms with Gasteiger partial charge in [0.05, 0.1) is 28.6 Å². The molecule has 10 heteroatoms. The number of amides is 1. The standard InChI is InChI=1S/C21H23ClFN3O4S/c1-13-12-25(8-9-30-13)18(20-15(22)4-3-5-16(20)23)11-24-21(27)14-6-7-19(31-2)17(10-14)26(28)29/h3-7,10,13,18H,8-9,11-12H2,1-2H3,(H,24,27). The second-order valence-electron chi connectivity index (χ2n) is 7.18. The van der Waals surface area contributed by atoms with Gasteiger partial charge in [-0.05, 0) is 37.4 Å². The summed E-state index contributed by atoms with van der Waals surface area (Å²) in [6.07, 6.45) is 1.69. The second-order valence-corrected chi connectivity index (χ2v) is 8.44. The van der Waals surface area contributed by atoms with Crippen molar-refractivity contribution in [2.24, 2.45) is 0 Å². The number of halogens is 2. The number of nitrogens with one attached hydrogen (secondary N) is 1. The first-order chi connectivity index (χ1) is 14.8. The molecule has 0 aliphatic carbocycles. The molecule has 1 N–H and O–H groups in total. The first-order valence-electron chi connectivity index (χ1n) is 9.72. The van der Waals surface area contributed by atoms with Crippen molar-refractivity contribution in [3.63, 3.8) is 0 Å². The maximum absolute atomic E-state index is 14.7. The Labute approximate surface area is 189 Å². The summed E-state index contributed by atoms with van der Waals surface area (Å²) in [7, 11) is 0. The fourth-order valence-corrected chi connectivity index (χ4v) is 4.47. The molecule has 1 aliphatic heterocycles. The third-order valence-electron chi connectivity index (χ3n) is 5.14. The van der Waals surface area contributed by atoms with E-state index in [9.17, 15) is 19.3 Å². The molecule has 7 nitrogen and oxygen atoms in total. The summed E-state index contributed by atoms with van der Waals surface area (Å²) in [6.45, 7) is 3.62. The van der Waals surface area contributed by atoms with Gasteiger partial charge in [-0.1, -0.05) is 17.7 Å². The Morgan fingerprint density at radius 3 is 2.87 bits per heavy atom. The zero-order chi connectivity index (χ0) is 22.5. The fourth-order valence-electron chi connectivity index (χ4n) is 3.64. The Bertz CT molecular complexity index is 957. The second kappa shape index (κ2) is 10.4. The molecule has 166 valence electrons. The zero-order valence-electron chi connectivity index (χ0n) is 17.1. The highest BCUT2D eigenvalue weighted by molar-refractivity contribution is 7.98. The average molecular weight is 468 g/mol. The Morgan fingerprint density at radius 2 is 2.23 bits per heavy atom. The van der Waals surface area contributed by atoms with Crippen LogP contribution >= 0.6 is 23.4 Å². The third kappa shape index (κ3) is 5.54. The number of nitro groups is 1. The number of carbonyl (C=O) groups excluding carboxylic acids is 1. The Kier molecular flexibility index (Phi) is 7.88. The van der Waals surface area contributed by atoms with E-state index in [0.717, 1.165) is 0 Å². The van der Waals surface area contributed by atoms with Crippen molar-refractivity contribution in [2.75, 3.05) is 32.5 Å². The number of rotatable bonds is 7. The van der Waals surface area contributed by atoms with Gasteiger partial charge >= 0.3 is 0 Å². The molecule has 0 radical (unpaired) electrons. The highest BCUT2D eigenvalue weighted by Crippen LogP contribution is 2.32. The zero-order valence-corrected chi connectivity index (χ0v) is 18.7. The monoisotopic (exact) mass is 467 g/mol. The third-order valence-corrected chi connectivity index (χ3v) is 6.25. The fraction of sp³-hybridized carbons (Fsp3) is 0.381. The molecule has 0 aromatic heterocycles. The lowest BCUT2D eigenvalue weighted by Gasteiger charge is -2.38. The van der Waals surface area contributed by atoms with Gasteiger partial charge in [-0.2, -0.15) is 0 Å². The molecule has 1 heterocycles. The number of hydrogen-bond acceptors (Lipinski definition) is 6. The number of ether oxygens (including phenoxy) is 1. The first-order valence-corrected chi connectivity index (χ1v) is 11.3. The maximum atomic E-state index is 14.7. The largest absolute Gasteiger partial charge is 0.376 e. The molecule has 1 saturated heterocycles. The lowest BCUT2D eigenvalue weighted by molar-refractivity contribution is -0.387. The van der Waals surface area contributed by atoms with E-state index in [1.165, 1.54) is 36.0 Å². The number of benzene rings is 2. The van der Waals surface area contributed by atoms with Crippen molar-refractivity contribution < 1.29 is 18.8 Å². The van der Waals surface area contributed by atoms with E-state index in [-0.39, 0.29) is 28.9 Å². The highest BCUT2D eigenvalue weighted by Gasteiger charge is 2.30. The molecular weight excluding hydrogens is 445 g/mol. The van der Waals surface area contributed by atoms with E-state index in [2.05, 4.69) is 5.32 Å². The summed E-state index contributed by atoms with van der Waals surface area (Å²) in [4.78, 5) is 26.0. The van der Waals surface area contributed by atoms with E-state index in [4.69, 9.17) is 16.3 Å². The minimum atomic E-state index is -0.514. The lowest BCUT2D eigenvalue weighted by atomic mass is 10.0. The molecule has 1 aliphatic rings. The number of carbonyl (C=O) groups is 1. The van der Waals surface area contributed by atoms with E-state index in [1.54, 1.807) is 18.4 Å². The Hall–Kier alpha value is -2.20. The predicted octanol–water partition coefficient (Wildman–Crippen LogP) is 4.30. The van der Waals surface area contributed by atoms with Crippen LogP contribution in [0.2, 0.25) is 5.02 Å². The topological polar surface area (TPSA) is 84.7 Å². The number of nitrogens with zero attached hydrogens (tertiary/aromatic N) is 2. The van der Waals surface area contributed by atoms with Crippen LogP contribution in [0.15, 0.2) is 41.3 Å². The minimum Gasteiger partial charge on any atom is -0.376 e. The van der Waals surface area contributed by atoms with Gasteiger partial charge in [0.1, 0.15) is 5.82 Å². The molecule has 2 atom stereocenters. The van der Waals surface area contributed by atoms with E-state index in [1.807, 2.05) is 11.8 Å². The van der Waals surface area contributed by atoms with Crippen molar-refractivity contribution in [3.05, 3.63) is 68.5 Å². The van der Waals surface area contributed by atoms with Crippen LogP contribution in [0.1, 0.15) is 28.9 Å². The summed E-state index contributed by atoms with van der Waals surface area (Å²) in [5.74, 6) is -0.930. The molecule has 3 rings (SSSR count). The number of hydrogen-bond donors (Lipinski definition) is 1. The van der Waals surface area contributed by atoms with E-state index < -0.39 is 22.7 Å². The summed E-state index contributed by atoms with van der Waals surface area (Å²) in [5, 5.41) is 14.4. The molecule has 0 bridgehead atoms. The number of thioether (sulfide) groups is 1. The van der Waals surface area contributed by atoms with Crippen LogP contribution < -0.4 is 5.32 Å². The van der Waals surface area contributed by atoms with Gasteiger partial charge < -0.3 is 10.1 Å². The minimum absolute atomic E-state index is 0.0424. The Balaban J connectivity index is 1.84. The molecular formula is C21H23ClFN3O4S. The molecule has 1 amide bonds. The molecule has 2 aromatic carbocycles. The Morgan fingerprint density at radius 1 is 1.45 bits per heavy atom. The maximum Gasteiger partial charge on any atom is 0.283 e. The molecule has 1 fully saturated rings. The van der Waals surface area contributed by atoms with Crippen molar-refractivity contribution >= 4 is 35.0 Å². The van der Waals surface area contributed by atoms with Crippen LogP contribution in [0, 0.1) is 15.9 Å². The summed E-state index contributed by atoms with van der Waals surface area (Å²) >= 11 is 7.55. The molecule has 0 spiro atoms. The smallest absolute Gasteiger partial charge is 0.283 e. The van der Waals surface area contributed by atoms with Gasteiger partial charge in [0.2, 0.25) is 0 Å². The van der Waals surface area contributed by atoms with E-state index in [0.29, 0.717) is 30.2 Å². The van der Waals surface area contributed by atoms with Crippen LogP contribution in [-0.2, 0) is 4.74 Å². The van der Waals surface area contributed by atoms with Crippen LogP contribution in [0.25, 0.3) is 0 Å². The van der Waals surface area contributed by atoms with Gasteiger partial charge in [-0.15, -0.1) is 11.8 Å².